The lowest BCUT2D eigenvalue weighted by atomic mass is 10.1. The van der Waals surface area contributed by atoms with Gasteiger partial charge < -0.3 is 9.84 Å². The molecule has 0 spiro atoms. The van der Waals surface area contributed by atoms with E-state index in [9.17, 15) is 14.4 Å². The van der Waals surface area contributed by atoms with Crippen LogP contribution in [0, 0.1) is 0 Å². The molecule has 5 heteroatoms. The molecule has 0 radical (unpaired) electrons. The third-order valence-electron chi connectivity index (χ3n) is 2.16. The normalized spacial score (nSPS) is 10.9. The maximum Gasteiger partial charge on any atom is 0.335 e. The summed E-state index contributed by atoms with van der Waals surface area (Å²) in [7, 11) is 0. The van der Waals surface area contributed by atoms with Crippen LogP contribution in [-0.2, 0) is 9.53 Å². The fourth-order valence-electron chi connectivity index (χ4n) is 1.44. The minimum Gasteiger partial charge on any atom is -0.478 e. The largest absolute Gasteiger partial charge is 0.478 e. The van der Waals surface area contributed by atoms with Crippen molar-refractivity contribution >= 4 is 17.7 Å². The average molecular weight is 264 g/mol. The van der Waals surface area contributed by atoms with Crippen molar-refractivity contribution in [3.8, 4) is 0 Å². The highest BCUT2D eigenvalue weighted by Crippen LogP contribution is 2.12. The first kappa shape index (κ1) is 14.9. The summed E-state index contributed by atoms with van der Waals surface area (Å²) in [5.41, 5.74) is -0.457. The first-order chi connectivity index (χ1) is 8.69. The van der Waals surface area contributed by atoms with E-state index in [-0.39, 0.29) is 11.1 Å². The Morgan fingerprint density at radius 1 is 1.16 bits per heavy atom. The number of carboxylic acid groups (broad SMARTS) is 1. The summed E-state index contributed by atoms with van der Waals surface area (Å²) in [5, 5.41) is 8.82. The number of rotatable bonds is 4. The van der Waals surface area contributed by atoms with E-state index in [1.165, 1.54) is 24.3 Å². The monoisotopic (exact) mass is 264 g/mol. The number of aromatic carboxylic acids is 1. The van der Waals surface area contributed by atoms with Gasteiger partial charge in [-0.3, -0.25) is 9.59 Å². The zero-order chi connectivity index (χ0) is 14.6. The third-order valence-corrected chi connectivity index (χ3v) is 2.16. The van der Waals surface area contributed by atoms with E-state index >= 15 is 0 Å². The molecule has 102 valence electrons. The molecule has 0 saturated heterocycles. The molecule has 0 amide bonds. The quantitative estimate of drug-likeness (QED) is 0.512. The van der Waals surface area contributed by atoms with Crippen molar-refractivity contribution in [3.05, 3.63) is 35.4 Å². The lowest BCUT2D eigenvalue weighted by Crippen LogP contribution is -2.25. The highest BCUT2D eigenvalue weighted by molar-refractivity contribution is 6.07. The fraction of sp³-hybridized carbons (Fsp3) is 0.357. The van der Waals surface area contributed by atoms with Gasteiger partial charge in [-0.1, -0.05) is 12.1 Å². The Morgan fingerprint density at radius 2 is 1.74 bits per heavy atom. The molecule has 0 bridgehead atoms. The second-order valence-corrected chi connectivity index (χ2v) is 5.07. The number of ether oxygens (including phenoxy) is 1. The lowest BCUT2D eigenvalue weighted by Gasteiger charge is -2.19. The predicted molar refractivity (Wildman–Crippen MR) is 68.2 cm³/mol. The highest BCUT2D eigenvalue weighted by Gasteiger charge is 2.20. The van der Waals surface area contributed by atoms with Gasteiger partial charge in [0, 0.05) is 5.56 Å². The Kier molecular flexibility index (Phi) is 4.43. The van der Waals surface area contributed by atoms with Crippen LogP contribution in [0.25, 0.3) is 0 Å². The van der Waals surface area contributed by atoms with E-state index in [0.29, 0.717) is 0 Å². The number of esters is 1. The van der Waals surface area contributed by atoms with Gasteiger partial charge in [-0.2, -0.15) is 0 Å². The van der Waals surface area contributed by atoms with Gasteiger partial charge in [-0.05, 0) is 32.9 Å². The lowest BCUT2D eigenvalue weighted by molar-refractivity contribution is -0.153. The Hall–Kier alpha value is -2.17. The summed E-state index contributed by atoms with van der Waals surface area (Å²) >= 11 is 0. The van der Waals surface area contributed by atoms with Crippen LogP contribution >= 0.6 is 0 Å². The number of hydrogen-bond donors (Lipinski definition) is 1. The van der Waals surface area contributed by atoms with E-state index < -0.39 is 29.7 Å². The SMILES string of the molecule is CC(C)(C)OC(=O)CC(=O)c1cccc(C(=O)O)c1. The maximum atomic E-state index is 11.8. The predicted octanol–water partition coefficient (Wildman–Crippen LogP) is 2.30. The van der Waals surface area contributed by atoms with Crippen molar-refractivity contribution in [1.82, 2.24) is 0 Å². The van der Waals surface area contributed by atoms with Crippen LogP contribution in [0.15, 0.2) is 24.3 Å². The van der Waals surface area contributed by atoms with Crippen LogP contribution in [0.2, 0.25) is 0 Å². The summed E-state index contributed by atoms with van der Waals surface area (Å²) in [6.07, 6.45) is -0.402. The minimum absolute atomic E-state index is 0.00930. The average Bonchev–Trinajstić information content (AvgIpc) is 2.26. The number of carbonyl (C=O) groups excluding carboxylic acids is 2. The van der Waals surface area contributed by atoms with Crippen LogP contribution in [0.3, 0.4) is 0 Å². The first-order valence-corrected chi connectivity index (χ1v) is 5.77. The van der Waals surface area contributed by atoms with Crippen molar-refractivity contribution in [2.75, 3.05) is 0 Å². The van der Waals surface area contributed by atoms with Crippen LogP contribution in [-0.4, -0.2) is 28.4 Å². The van der Waals surface area contributed by atoms with Gasteiger partial charge >= 0.3 is 11.9 Å². The Bertz CT molecular complexity index is 511. The van der Waals surface area contributed by atoms with Crippen molar-refractivity contribution in [3.63, 3.8) is 0 Å². The topological polar surface area (TPSA) is 80.7 Å². The molecule has 0 aliphatic rings. The van der Waals surface area contributed by atoms with E-state index in [1.807, 2.05) is 0 Å². The first-order valence-electron chi connectivity index (χ1n) is 5.77. The zero-order valence-corrected chi connectivity index (χ0v) is 11.1. The van der Waals surface area contributed by atoms with Crippen LogP contribution in [0.4, 0.5) is 0 Å². The van der Waals surface area contributed by atoms with Gasteiger partial charge in [0.05, 0.1) is 5.56 Å². The molecule has 0 saturated carbocycles. The zero-order valence-electron chi connectivity index (χ0n) is 11.1. The smallest absolute Gasteiger partial charge is 0.335 e. The fourth-order valence-corrected chi connectivity index (χ4v) is 1.44. The molecule has 0 aliphatic heterocycles. The summed E-state index contributed by atoms with van der Waals surface area (Å²) < 4.78 is 5.03. The Balaban J connectivity index is 2.76. The van der Waals surface area contributed by atoms with Crippen molar-refractivity contribution in [2.24, 2.45) is 0 Å². The van der Waals surface area contributed by atoms with Gasteiger partial charge in [-0.25, -0.2) is 4.79 Å². The molecule has 19 heavy (non-hydrogen) atoms. The van der Waals surface area contributed by atoms with Gasteiger partial charge in [0.1, 0.15) is 12.0 Å². The van der Waals surface area contributed by atoms with Crippen LogP contribution in [0.1, 0.15) is 47.9 Å². The number of ketones is 1. The molecule has 0 atom stereocenters. The highest BCUT2D eigenvalue weighted by atomic mass is 16.6. The summed E-state index contributed by atoms with van der Waals surface area (Å²) in [6.45, 7) is 5.13. The van der Waals surface area contributed by atoms with E-state index in [2.05, 4.69) is 0 Å². The van der Waals surface area contributed by atoms with Crippen LogP contribution in [0.5, 0.6) is 0 Å². The summed E-state index contributed by atoms with van der Waals surface area (Å²) in [4.78, 5) is 34.1. The summed E-state index contributed by atoms with van der Waals surface area (Å²) in [5.74, 6) is -2.21. The third kappa shape index (κ3) is 4.91. The maximum absolute atomic E-state index is 11.8. The van der Waals surface area contributed by atoms with Gasteiger partial charge in [0.15, 0.2) is 5.78 Å². The minimum atomic E-state index is -1.12. The van der Waals surface area contributed by atoms with Crippen molar-refractivity contribution < 1.29 is 24.2 Å². The van der Waals surface area contributed by atoms with E-state index in [0.717, 1.165) is 0 Å². The van der Waals surface area contributed by atoms with Crippen molar-refractivity contribution in [2.45, 2.75) is 32.8 Å². The molecule has 0 fully saturated rings. The molecule has 5 nitrogen and oxygen atoms in total. The van der Waals surface area contributed by atoms with Crippen LogP contribution < -0.4 is 0 Å². The molecule has 0 aromatic heterocycles. The molecule has 1 aromatic rings. The molecule has 1 N–H and O–H groups in total. The van der Waals surface area contributed by atoms with Crippen molar-refractivity contribution in [1.29, 1.82) is 0 Å². The van der Waals surface area contributed by atoms with Gasteiger partial charge in [0.2, 0.25) is 0 Å². The molecule has 1 rings (SSSR count). The number of Topliss-reactive ketones (excluding diaryl/α,β-unsaturated/α-hetero) is 1. The molecule has 0 unspecified atom stereocenters. The van der Waals surface area contributed by atoms with Gasteiger partial charge in [-0.15, -0.1) is 0 Å². The second-order valence-electron chi connectivity index (χ2n) is 5.07. The van der Waals surface area contributed by atoms with E-state index in [1.54, 1.807) is 20.8 Å². The number of carboxylic acids is 1. The number of carbonyl (C=O) groups is 3. The van der Waals surface area contributed by atoms with E-state index in [4.69, 9.17) is 9.84 Å². The molecule has 1 aromatic carbocycles. The summed E-state index contributed by atoms with van der Waals surface area (Å²) in [6, 6.07) is 5.56. The molecule has 0 aliphatic carbocycles. The molecular formula is C14H16O5. The number of benzene rings is 1. The molecule has 0 heterocycles. The Labute approximate surface area is 111 Å². The Morgan fingerprint density at radius 3 is 2.26 bits per heavy atom. The van der Waals surface area contributed by atoms with Gasteiger partial charge in [0.25, 0.3) is 0 Å². The standard InChI is InChI=1S/C14H16O5/c1-14(2,3)19-12(16)8-11(15)9-5-4-6-10(7-9)13(17)18/h4-7H,8H2,1-3H3,(H,17,18). The number of hydrogen-bond acceptors (Lipinski definition) is 4. The molecular weight excluding hydrogens is 248 g/mol. The second kappa shape index (κ2) is 5.65.